The van der Waals surface area contributed by atoms with Crippen molar-refractivity contribution < 1.29 is 14.2 Å². The molecule has 0 amide bonds. The SMILES string of the molecule is CCCCCCCCCCCCC1OC1(Oc1ccccc1)C(CCCCCCCCC)Oc1ccccc1. The van der Waals surface area contributed by atoms with E-state index in [4.69, 9.17) is 14.2 Å². The van der Waals surface area contributed by atoms with Crippen molar-refractivity contribution in [3.63, 3.8) is 0 Å². The summed E-state index contributed by atoms with van der Waals surface area (Å²) in [6.07, 6.45) is 24.4. The Hall–Kier alpha value is -2.00. The summed E-state index contributed by atoms with van der Waals surface area (Å²) in [5, 5.41) is 0. The Balaban J connectivity index is 1.54. The van der Waals surface area contributed by atoms with Crippen LogP contribution in [0.15, 0.2) is 60.7 Å². The second-order valence-electron chi connectivity index (χ2n) is 11.5. The maximum atomic E-state index is 6.67. The second kappa shape index (κ2) is 19.1. The van der Waals surface area contributed by atoms with Gasteiger partial charge in [-0.25, -0.2) is 0 Å². The first-order chi connectivity index (χ1) is 19.3. The number of ether oxygens (including phenoxy) is 3. The highest BCUT2D eigenvalue weighted by molar-refractivity contribution is 5.25. The van der Waals surface area contributed by atoms with Gasteiger partial charge in [0.15, 0.2) is 6.10 Å². The number of benzene rings is 2. The molecule has 39 heavy (non-hydrogen) atoms. The smallest absolute Gasteiger partial charge is 0.274 e. The van der Waals surface area contributed by atoms with Gasteiger partial charge < -0.3 is 14.2 Å². The van der Waals surface area contributed by atoms with Gasteiger partial charge in [-0.1, -0.05) is 153 Å². The Morgan fingerprint density at radius 2 is 1.05 bits per heavy atom. The zero-order valence-corrected chi connectivity index (χ0v) is 25.1. The molecule has 3 atom stereocenters. The van der Waals surface area contributed by atoms with Crippen LogP contribution in [0.3, 0.4) is 0 Å². The molecule has 218 valence electrons. The fraction of sp³-hybridized carbons (Fsp3) is 0.667. The predicted octanol–water partition coefficient (Wildman–Crippen LogP) is 11.1. The van der Waals surface area contributed by atoms with E-state index in [0.29, 0.717) is 0 Å². The molecule has 3 nitrogen and oxygen atoms in total. The van der Waals surface area contributed by atoms with Gasteiger partial charge in [-0.2, -0.15) is 0 Å². The van der Waals surface area contributed by atoms with Crippen molar-refractivity contribution in [3.05, 3.63) is 60.7 Å². The Morgan fingerprint density at radius 3 is 1.59 bits per heavy atom. The van der Waals surface area contributed by atoms with Crippen molar-refractivity contribution in [2.45, 2.75) is 154 Å². The summed E-state index contributed by atoms with van der Waals surface area (Å²) >= 11 is 0. The average Bonchev–Trinajstić information content (AvgIpc) is 3.66. The van der Waals surface area contributed by atoms with Crippen molar-refractivity contribution in [1.29, 1.82) is 0 Å². The van der Waals surface area contributed by atoms with Gasteiger partial charge in [0, 0.05) is 0 Å². The zero-order chi connectivity index (χ0) is 27.4. The van der Waals surface area contributed by atoms with Crippen molar-refractivity contribution in [2.24, 2.45) is 0 Å². The molecule has 2 aromatic rings. The minimum absolute atomic E-state index is 0.0880. The highest BCUT2D eigenvalue weighted by Gasteiger charge is 2.65. The maximum absolute atomic E-state index is 6.67. The van der Waals surface area contributed by atoms with Gasteiger partial charge in [0.1, 0.15) is 17.6 Å². The molecule has 0 spiro atoms. The quantitative estimate of drug-likeness (QED) is 0.0987. The molecule has 0 saturated carbocycles. The summed E-state index contributed by atoms with van der Waals surface area (Å²) < 4.78 is 19.8. The molecule has 0 radical (unpaired) electrons. The van der Waals surface area contributed by atoms with Crippen LogP contribution in [0.5, 0.6) is 11.5 Å². The Bertz CT molecular complexity index is 839. The highest BCUT2D eigenvalue weighted by atomic mass is 16.8. The van der Waals surface area contributed by atoms with E-state index >= 15 is 0 Å². The summed E-state index contributed by atoms with van der Waals surface area (Å²) in [5.41, 5.74) is 0. The molecule has 1 saturated heterocycles. The highest BCUT2D eigenvalue weighted by Crippen LogP contribution is 2.47. The lowest BCUT2D eigenvalue weighted by Crippen LogP contribution is -2.42. The molecule has 3 unspecified atom stereocenters. The molecule has 0 aliphatic carbocycles. The van der Waals surface area contributed by atoms with E-state index in [2.05, 4.69) is 13.8 Å². The zero-order valence-electron chi connectivity index (χ0n) is 25.1. The number of hydrogen-bond acceptors (Lipinski definition) is 3. The van der Waals surface area contributed by atoms with Crippen molar-refractivity contribution in [3.8, 4) is 11.5 Å². The van der Waals surface area contributed by atoms with E-state index in [9.17, 15) is 0 Å². The predicted molar refractivity (Wildman–Crippen MR) is 165 cm³/mol. The van der Waals surface area contributed by atoms with E-state index in [1.165, 1.54) is 103 Å². The molecule has 0 aromatic heterocycles. The van der Waals surface area contributed by atoms with E-state index in [0.717, 1.165) is 30.8 Å². The van der Waals surface area contributed by atoms with Crippen LogP contribution in [0.4, 0.5) is 0 Å². The van der Waals surface area contributed by atoms with Crippen molar-refractivity contribution >= 4 is 0 Å². The van der Waals surface area contributed by atoms with Crippen molar-refractivity contribution in [1.82, 2.24) is 0 Å². The average molecular weight is 537 g/mol. The molecular formula is C36H56O3. The molecule has 1 heterocycles. The van der Waals surface area contributed by atoms with Gasteiger partial charge in [-0.3, -0.25) is 0 Å². The lowest BCUT2D eigenvalue weighted by molar-refractivity contribution is -0.0435. The van der Waals surface area contributed by atoms with E-state index in [1.54, 1.807) is 0 Å². The molecule has 0 bridgehead atoms. The minimum atomic E-state index is -0.696. The van der Waals surface area contributed by atoms with Crippen LogP contribution in [-0.4, -0.2) is 18.0 Å². The number of unbranched alkanes of at least 4 members (excludes halogenated alkanes) is 15. The summed E-state index contributed by atoms with van der Waals surface area (Å²) in [6, 6.07) is 20.4. The van der Waals surface area contributed by atoms with E-state index < -0.39 is 5.79 Å². The molecule has 1 fully saturated rings. The second-order valence-corrected chi connectivity index (χ2v) is 11.5. The third-order valence-electron chi connectivity index (χ3n) is 8.10. The third kappa shape index (κ3) is 12.0. The largest absolute Gasteiger partial charge is 0.483 e. The Morgan fingerprint density at radius 1 is 0.590 bits per heavy atom. The van der Waals surface area contributed by atoms with Crippen LogP contribution in [0, 0.1) is 0 Å². The van der Waals surface area contributed by atoms with Gasteiger partial charge in [-0.05, 0) is 43.5 Å². The molecule has 2 aromatic carbocycles. The molecular weight excluding hydrogens is 480 g/mol. The van der Waals surface area contributed by atoms with Crippen molar-refractivity contribution in [2.75, 3.05) is 0 Å². The first-order valence-electron chi connectivity index (χ1n) is 16.4. The summed E-state index contributed by atoms with van der Waals surface area (Å²) in [6.45, 7) is 4.56. The molecule has 1 aliphatic rings. The normalized spacial score (nSPS) is 19.1. The first-order valence-corrected chi connectivity index (χ1v) is 16.4. The fourth-order valence-corrected chi connectivity index (χ4v) is 5.67. The van der Waals surface area contributed by atoms with Crippen LogP contribution in [0.2, 0.25) is 0 Å². The summed E-state index contributed by atoms with van der Waals surface area (Å²) in [7, 11) is 0. The van der Waals surface area contributed by atoms with Crippen LogP contribution < -0.4 is 9.47 Å². The molecule has 3 rings (SSSR count). The van der Waals surface area contributed by atoms with Gasteiger partial charge in [0.25, 0.3) is 5.79 Å². The summed E-state index contributed by atoms with van der Waals surface area (Å²) in [5.74, 6) is 1.07. The lowest BCUT2D eigenvalue weighted by atomic mass is 9.98. The van der Waals surface area contributed by atoms with E-state index in [-0.39, 0.29) is 12.2 Å². The van der Waals surface area contributed by atoms with Crippen LogP contribution in [0.1, 0.15) is 136 Å². The fourth-order valence-electron chi connectivity index (χ4n) is 5.67. The van der Waals surface area contributed by atoms with Gasteiger partial charge in [0.2, 0.25) is 0 Å². The number of hydrogen-bond donors (Lipinski definition) is 0. The number of rotatable bonds is 24. The first kappa shape index (κ1) is 31.5. The van der Waals surface area contributed by atoms with E-state index in [1.807, 2.05) is 60.7 Å². The summed E-state index contributed by atoms with van der Waals surface area (Å²) in [4.78, 5) is 0. The van der Waals surface area contributed by atoms with Crippen LogP contribution in [0.25, 0.3) is 0 Å². The molecule has 0 N–H and O–H groups in total. The van der Waals surface area contributed by atoms with Crippen LogP contribution in [-0.2, 0) is 4.74 Å². The maximum Gasteiger partial charge on any atom is 0.274 e. The van der Waals surface area contributed by atoms with Crippen LogP contribution >= 0.6 is 0 Å². The lowest BCUT2D eigenvalue weighted by Gasteiger charge is -2.27. The number of epoxide rings is 1. The minimum Gasteiger partial charge on any atom is -0.483 e. The monoisotopic (exact) mass is 536 g/mol. The Labute approximate surface area is 240 Å². The van der Waals surface area contributed by atoms with Gasteiger partial charge in [-0.15, -0.1) is 0 Å². The third-order valence-corrected chi connectivity index (χ3v) is 8.10. The van der Waals surface area contributed by atoms with Gasteiger partial charge in [0.05, 0.1) is 0 Å². The van der Waals surface area contributed by atoms with Gasteiger partial charge >= 0.3 is 0 Å². The standard InChI is InChI=1S/C36H56O3/c1-3-5-7-9-11-12-13-15-17-25-31-35-36(39-35,38-33-28-22-19-23-29-33)34(37-32-26-20-18-21-27-32)30-24-16-14-10-8-6-4-2/h18-23,26-29,34-35H,3-17,24-25,30-31H2,1-2H3. The topological polar surface area (TPSA) is 31.0 Å². The number of para-hydroxylation sites is 2. The molecule has 3 heteroatoms. The Kier molecular flexibility index (Phi) is 15.5. The molecule has 1 aliphatic heterocycles.